The topological polar surface area (TPSA) is 82.7 Å². The van der Waals surface area contributed by atoms with Gasteiger partial charge in [0.2, 0.25) is 0 Å². The van der Waals surface area contributed by atoms with Gasteiger partial charge in [-0.25, -0.2) is 0 Å². The van der Waals surface area contributed by atoms with Crippen molar-refractivity contribution in [2.75, 3.05) is 14.2 Å². The molecule has 124 valence electrons. The molecule has 5 heteroatoms. The van der Waals surface area contributed by atoms with Crippen molar-refractivity contribution < 1.29 is 19.7 Å². The summed E-state index contributed by atoms with van der Waals surface area (Å²) in [5, 5.41) is 28.0. The molecule has 24 heavy (non-hydrogen) atoms. The van der Waals surface area contributed by atoms with E-state index in [-0.39, 0.29) is 13.2 Å². The SMILES string of the molecule is COc1cc(/C=C(/C#N)c2ccc(CO)c(OC)c2)ccc1CO. The second kappa shape index (κ2) is 8.16. The zero-order valence-electron chi connectivity index (χ0n) is 13.6. The number of nitriles is 1. The third kappa shape index (κ3) is 3.74. The van der Waals surface area contributed by atoms with E-state index in [9.17, 15) is 15.5 Å². The number of aliphatic hydroxyl groups excluding tert-OH is 2. The monoisotopic (exact) mass is 325 g/mol. The van der Waals surface area contributed by atoms with Gasteiger partial charge in [0.05, 0.1) is 39.1 Å². The van der Waals surface area contributed by atoms with E-state index >= 15 is 0 Å². The van der Waals surface area contributed by atoms with Crippen LogP contribution < -0.4 is 9.47 Å². The van der Waals surface area contributed by atoms with Crippen LogP contribution in [0.2, 0.25) is 0 Å². The van der Waals surface area contributed by atoms with Crippen LogP contribution in [0.5, 0.6) is 11.5 Å². The number of methoxy groups -OCH3 is 2. The van der Waals surface area contributed by atoms with Crippen molar-refractivity contribution in [2.45, 2.75) is 13.2 Å². The van der Waals surface area contributed by atoms with E-state index in [0.717, 1.165) is 5.56 Å². The van der Waals surface area contributed by atoms with Crippen molar-refractivity contribution in [1.29, 1.82) is 5.26 Å². The maximum absolute atomic E-state index is 9.48. The average Bonchev–Trinajstić information content (AvgIpc) is 2.65. The smallest absolute Gasteiger partial charge is 0.125 e. The Morgan fingerprint density at radius 3 is 2.12 bits per heavy atom. The predicted molar refractivity (Wildman–Crippen MR) is 91.3 cm³/mol. The number of ether oxygens (including phenoxy) is 2. The number of benzene rings is 2. The van der Waals surface area contributed by atoms with Crippen molar-refractivity contribution in [1.82, 2.24) is 0 Å². The molecule has 2 rings (SSSR count). The summed E-state index contributed by atoms with van der Waals surface area (Å²) >= 11 is 0. The largest absolute Gasteiger partial charge is 0.496 e. The predicted octanol–water partition coefficient (Wildman–Crippen LogP) is 2.75. The number of hydrogen-bond donors (Lipinski definition) is 2. The molecule has 0 radical (unpaired) electrons. The second-order valence-corrected chi connectivity index (χ2v) is 5.08. The first kappa shape index (κ1) is 17.5. The molecule has 0 aromatic heterocycles. The van der Waals surface area contributed by atoms with Crippen LogP contribution in [0.1, 0.15) is 22.3 Å². The van der Waals surface area contributed by atoms with E-state index in [1.165, 1.54) is 14.2 Å². The van der Waals surface area contributed by atoms with E-state index < -0.39 is 0 Å². The Hall–Kier alpha value is -2.81. The maximum Gasteiger partial charge on any atom is 0.125 e. The van der Waals surface area contributed by atoms with Crippen molar-refractivity contribution in [3.63, 3.8) is 0 Å². The Kier molecular flexibility index (Phi) is 5.96. The van der Waals surface area contributed by atoms with Gasteiger partial charge < -0.3 is 19.7 Å². The third-order valence-corrected chi connectivity index (χ3v) is 3.68. The Morgan fingerprint density at radius 2 is 1.58 bits per heavy atom. The van der Waals surface area contributed by atoms with Gasteiger partial charge in [-0.2, -0.15) is 5.26 Å². The number of aliphatic hydroxyl groups is 2. The zero-order chi connectivity index (χ0) is 17.5. The van der Waals surface area contributed by atoms with E-state index in [4.69, 9.17) is 9.47 Å². The Morgan fingerprint density at radius 1 is 1.00 bits per heavy atom. The van der Waals surface area contributed by atoms with E-state index in [2.05, 4.69) is 6.07 Å². The lowest BCUT2D eigenvalue weighted by Crippen LogP contribution is -1.94. The first-order chi connectivity index (χ1) is 11.7. The van der Waals surface area contributed by atoms with Crippen LogP contribution >= 0.6 is 0 Å². The normalized spacial score (nSPS) is 11.0. The van der Waals surface area contributed by atoms with Gasteiger partial charge >= 0.3 is 0 Å². The average molecular weight is 325 g/mol. The molecule has 2 aromatic rings. The van der Waals surface area contributed by atoms with Crippen molar-refractivity contribution in [3.8, 4) is 17.6 Å². The minimum absolute atomic E-state index is 0.113. The molecule has 0 saturated heterocycles. The standard InChI is InChI=1S/C19H19NO4/c1-23-18-8-13(3-4-15(18)11-21)7-17(10-20)14-5-6-16(12-22)19(9-14)24-2/h3-9,21-22H,11-12H2,1-2H3/b17-7-. The molecule has 0 unspecified atom stereocenters. The maximum atomic E-state index is 9.48. The number of nitrogens with zero attached hydrogens (tertiary/aromatic N) is 1. The van der Waals surface area contributed by atoms with Crippen LogP contribution in [0.25, 0.3) is 11.6 Å². The van der Waals surface area contributed by atoms with Crippen LogP contribution in [0.4, 0.5) is 0 Å². The summed E-state index contributed by atoms with van der Waals surface area (Å²) in [7, 11) is 3.05. The van der Waals surface area contributed by atoms with E-state index in [1.807, 2.05) is 6.07 Å². The van der Waals surface area contributed by atoms with Crippen LogP contribution in [0, 0.1) is 11.3 Å². The fourth-order valence-electron chi connectivity index (χ4n) is 2.37. The molecule has 0 heterocycles. The summed E-state index contributed by atoms with van der Waals surface area (Å²) in [6.07, 6.45) is 1.73. The van der Waals surface area contributed by atoms with Gasteiger partial charge in [0.1, 0.15) is 11.5 Å². The molecule has 0 fully saturated rings. The molecule has 0 amide bonds. The summed E-state index contributed by atoms with van der Waals surface area (Å²) in [5.74, 6) is 1.10. The summed E-state index contributed by atoms with van der Waals surface area (Å²) in [4.78, 5) is 0. The number of allylic oxidation sites excluding steroid dienone is 1. The highest BCUT2D eigenvalue weighted by Gasteiger charge is 2.08. The van der Waals surface area contributed by atoms with E-state index in [0.29, 0.717) is 33.8 Å². The number of rotatable bonds is 6. The molecule has 0 aliphatic heterocycles. The highest BCUT2D eigenvalue weighted by atomic mass is 16.5. The summed E-state index contributed by atoms with van der Waals surface area (Å²) in [6, 6.07) is 12.7. The summed E-state index contributed by atoms with van der Waals surface area (Å²) in [6.45, 7) is -0.243. The van der Waals surface area contributed by atoms with Crippen LogP contribution in [-0.4, -0.2) is 24.4 Å². The van der Waals surface area contributed by atoms with Gasteiger partial charge in [-0.1, -0.05) is 24.3 Å². The first-order valence-electron chi connectivity index (χ1n) is 7.34. The molecular formula is C19H19NO4. The lowest BCUT2D eigenvalue weighted by atomic mass is 10.0. The number of hydrogen-bond acceptors (Lipinski definition) is 5. The van der Waals surface area contributed by atoms with Crippen LogP contribution in [0.15, 0.2) is 36.4 Å². The highest BCUT2D eigenvalue weighted by Crippen LogP contribution is 2.27. The molecule has 0 saturated carbocycles. The van der Waals surface area contributed by atoms with Crippen molar-refractivity contribution in [3.05, 3.63) is 58.7 Å². The first-order valence-corrected chi connectivity index (χ1v) is 7.34. The molecule has 0 aliphatic carbocycles. The zero-order valence-corrected chi connectivity index (χ0v) is 13.6. The van der Waals surface area contributed by atoms with Gasteiger partial charge in [0.15, 0.2) is 0 Å². The minimum Gasteiger partial charge on any atom is -0.496 e. The quantitative estimate of drug-likeness (QED) is 0.630. The minimum atomic E-state index is -0.130. The molecule has 2 aromatic carbocycles. The molecule has 0 aliphatic rings. The van der Waals surface area contributed by atoms with E-state index in [1.54, 1.807) is 36.4 Å². The lowest BCUT2D eigenvalue weighted by molar-refractivity contribution is 0.273. The molecule has 0 atom stereocenters. The lowest BCUT2D eigenvalue weighted by Gasteiger charge is -2.09. The second-order valence-electron chi connectivity index (χ2n) is 5.08. The molecular weight excluding hydrogens is 306 g/mol. The fraction of sp³-hybridized carbons (Fsp3) is 0.211. The van der Waals surface area contributed by atoms with Gasteiger partial charge in [0.25, 0.3) is 0 Å². The Balaban J connectivity index is 2.45. The highest BCUT2D eigenvalue weighted by molar-refractivity contribution is 5.90. The summed E-state index contributed by atoms with van der Waals surface area (Å²) < 4.78 is 10.5. The third-order valence-electron chi connectivity index (χ3n) is 3.68. The Bertz CT molecular complexity index is 790. The molecule has 2 N–H and O–H groups in total. The molecule has 0 spiro atoms. The molecule has 5 nitrogen and oxygen atoms in total. The van der Waals surface area contributed by atoms with Crippen molar-refractivity contribution >= 4 is 11.6 Å². The van der Waals surface area contributed by atoms with Gasteiger partial charge in [0, 0.05) is 11.1 Å². The van der Waals surface area contributed by atoms with Crippen LogP contribution in [0.3, 0.4) is 0 Å². The summed E-state index contributed by atoms with van der Waals surface area (Å²) in [5.41, 5.74) is 3.27. The van der Waals surface area contributed by atoms with Gasteiger partial charge in [-0.15, -0.1) is 0 Å². The molecule has 0 bridgehead atoms. The Labute approximate surface area is 141 Å². The van der Waals surface area contributed by atoms with Crippen molar-refractivity contribution in [2.24, 2.45) is 0 Å². The van der Waals surface area contributed by atoms with Gasteiger partial charge in [-0.05, 0) is 29.3 Å². The van der Waals surface area contributed by atoms with Gasteiger partial charge in [-0.3, -0.25) is 0 Å². The van der Waals surface area contributed by atoms with Crippen LogP contribution in [-0.2, 0) is 13.2 Å². The fourth-order valence-corrected chi connectivity index (χ4v) is 2.37.